The molecule has 6 rings (SSSR count). The molecule has 8 heteroatoms. The topological polar surface area (TPSA) is 70.2 Å². The number of hydrogen-bond donors (Lipinski definition) is 3. The second-order valence-corrected chi connectivity index (χ2v) is 14.5. The molecule has 2 spiro atoms. The van der Waals surface area contributed by atoms with Gasteiger partial charge in [-0.1, -0.05) is 69.1 Å². The molecular weight excluding hydrogens is 548 g/mol. The Bertz CT molecular complexity index is 1360. The number of halogens is 3. The minimum absolute atomic E-state index is 0.0222. The number of nitrogens with one attached hydrogen (secondary N) is 3. The van der Waals surface area contributed by atoms with E-state index in [-0.39, 0.29) is 33.9 Å². The van der Waals surface area contributed by atoms with Gasteiger partial charge in [-0.15, -0.1) is 0 Å². The van der Waals surface area contributed by atoms with Crippen LogP contribution in [0.2, 0.25) is 10.0 Å². The fourth-order valence-electron chi connectivity index (χ4n) is 8.03. The molecule has 2 amide bonds. The fraction of sp³-hybridized carbons (Fsp3) is 0.562. The third kappa shape index (κ3) is 4.12. The number of hydrogen-bond acceptors (Lipinski definition) is 3. The van der Waals surface area contributed by atoms with Gasteiger partial charge in [0.05, 0.1) is 11.1 Å². The zero-order chi connectivity index (χ0) is 28.6. The Morgan fingerprint density at radius 2 is 1.77 bits per heavy atom. The second-order valence-electron chi connectivity index (χ2n) is 13.6. The van der Waals surface area contributed by atoms with Crippen molar-refractivity contribution in [2.75, 3.05) is 5.32 Å². The van der Waals surface area contributed by atoms with Crippen LogP contribution in [0.1, 0.15) is 83.3 Å². The van der Waals surface area contributed by atoms with Crippen molar-refractivity contribution in [1.29, 1.82) is 0 Å². The summed E-state index contributed by atoms with van der Waals surface area (Å²) in [6, 6.07) is 9.56. The highest BCUT2D eigenvalue weighted by atomic mass is 35.5. The predicted octanol–water partition coefficient (Wildman–Crippen LogP) is 6.97. The van der Waals surface area contributed by atoms with Crippen LogP contribution < -0.4 is 16.0 Å². The number of fused-ring (bicyclic) bond motifs is 3. The van der Waals surface area contributed by atoms with E-state index in [1.165, 1.54) is 6.07 Å². The van der Waals surface area contributed by atoms with Crippen LogP contribution in [0.5, 0.6) is 0 Å². The van der Waals surface area contributed by atoms with E-state index in [1.807, 2.05) is 6.07 Å². The van der Waals surface area contributed by atoms with Crippen LogP contribution in [0.4, 0.5) is 10.1 Å². The third-order valence-corrected chi connectivity index (χ3v) is 11.0. The fourth-order valence-corrected chi connectivity index (χ4v) is 8.38. The van der Waals surface area contributed by atoms with Gasteiger partial charge >= 0.3 is 0 Å². The molecule has 2 saturated carbocycles. The van der Waals surface area contributed by atoms with Crippen LogP contribution in [0.3, 0.4) is 0 Å². The molecule has 0 aromatic heterocycles. The molecule has 2 aromatic carbocycles. The molecular formula is C32H38Cl2FN3O2. The van der Waals surface area contributed by atoms with Crippen molar-refractivity contribution in [3.8, 4) is 0 Å². The predicted molar refractivity (Wildman–Crippen MR) is 157 cm³/mol. The van der Waals surface area contributed by atoms with Crippen LogP contribution >= 0.6 is 23.2 Å². The molecule has 2 aliphatic carbocycles. The lowest BCUT2D eigenvalue weighted by molar-refractivity contribution is -0.125. The average Bonchev–Trinajstić information content (AvgIpc) is 3.32. The lowest BCUT2D eigenvalue weighted by atomic mass is 9.53. The summed E-state index contributed by atoms with van der Waals surface area (Å²) in [5.41, 5.74) is -0.216. The van der Waals surface area contributed by atoms with Gasteiger partial charge in [-0.2, -0.15) is 0 Å². The lowest BCUT2D eigenvalue weighted by Gasteiger charge is -2.50. The van der Waals surface area contributed by atoms with Gasteiger partial charge in [0.25, 0.3) is 0 Å². The number of carbonyl (C=O) groups is 2. The summed E-state index contributed by atoms with van der Waals surface area (Å²) in [6.07, 6.45) is 4.95. The first-order valence-corrected chi connectivity index (χ1v) is 15.3. The molecule has 0 unspecified atom stereocenters. The number of anilines is 1. The molecule has 2 aromatic rings. The molecule has 3 atom stereocenters. The Morgan fingerprint density at radius 3 is 2.45 bits per heavy atom. The van der Waals surface area contributed by atoms with E-state index in [2.05, 4.69) is 43.6 Å². The highest BCUT2D eigenvalue weighted by Gasteiger charge is 2.73. The summed E-state index contributed by atoms with van der Waals surface area (Å²) < 4.78 is 16.0. The van der Waals surface area contributed by atoms with Crippen molar-refractivity contribution in [3.05, 3.63) is 63.4 Å². The molecule has 3 N–H and O–H groups in total. The van der Waals surface area contributed by atoms with E-state index in [0.29, 0.717) is 35.4 Å². The van der Waals surface area contributed by atoms with Gasteiger partial charge in [0.1, 0.15) is 11.2 Å². The molecule has 214 valence electrons. The summed E-state index contributed by atoms with van der Waals surface area (Å²) in [4.78, 5) is 28.7. The maximum Gasteiger partial charge on any atom is 0.238 e. The monoisotopic (exact) mass is 585 g/mol. The maximum atomic E-state index is 16.0. The van der Waals surface area contributed by atoms with E-state index in [4.69, 9.17) is 23.2 Å². The van der Waals surface area contributed by atoms with E-state index < -0.39 is 28.7 Å². The van der Waals surface area contributed by atoms with Crippen molar-refractivity contribution < 1.29 is 14.0 Å². The number of amides is 2. The van der Waals surface area contributed by atoms with Crippen LogP contribution in [0.25, 0.3) is 0 Å². The van der Waals surface area contributed by atoms with Gasteiger partial charge in [-0.25, -0.2) is 4.39 Å². The standard InChI is InChI=1S/C32H38Cl2FN3O2/c1-17(2)18-14-20(15-18)36-28(39)27-25(21-6-5-7-23(34)26(21)35)32(31(38-27)12-10-30(3,4)11-13-31)22-9-8-19(33)16-24(22)37-29(32)40/h5-9,16-18,20,25,27,38H,10-15H2,1-4H3,(H,36,39)(H,37,40)/t18?,20?,25-,27+,32+/m0/s1. The third-order valence-electron chi connectivity index (χ3n) is 10.5. The van der Waals surface area contributed by atoms with Gasteiger partial charge < -0.3 is 10.6 Å². The zero-order valence-corrected chi connectivity index (χ0v) is 25.1. The first-order chi connectivity index (χ1) is 18.9. The normalized spacial score (nSPS) is 31.8. The van der Waals surface area contributed by atoms with Crippen LogP contribution in [0.15, 0.2) is 36.4 Å². The van der Waals surface area contributed by atoms with Gasteiger partial charge in [0, 0.05) is 28.2 Å². The molecule has 4 aliphatic rings. The molecule has 40 heavy (non-hydrogen) atoms. The Labute approximate surface area is 246 Å². The molecule has 5 nitrogen and oxygen atoms in total. The van der Waals surface area contributed by atoms with Crippen molar-refractivity contribution >= 4 is 40.7 Å². The van der Waals surface area contributed by atoms with Crippen LogP contribution in [0, 0.1) is 23.1 Å². The van der Waals surface area contributed by atoms with Crippen molar-refractivity contribution in [2.45, 2.75) is 95.2 Å². The van der Waals surface area contributed by atoms with Gasteiger partial charge in [0.15, 0.2) is 0 Å². The minimum atomic E-state index is -1.23. The largest absolute Gasteiger partial charge is 0.352 e. The maximum absolute atomic E-state index is 16.0. The summed E-state index contributed by atoms with van der Waals surface area (Å²) in [7, 11) is 0. The average molecular weight is 587 g/mol. The summed E-state index contributed by atoms with van der Waals surface area (Å²) in [5.74, 6) is -0.656. The Kier molecular flexibility index (Phi) is 6.79. The zero-order valence-electron chi connectivity index (χ0n) is 23.5. The van der Waals surface area contributed by atoms with E-state index in [9.17, 15) is 9.59 Å². The molecule has 0 radical (unpaired) electrons. The van der Waals surface area contributed by atoms with Gasteiger partial charge in [-0.05, 0) is 85.1 Å². The highest BCUT2D eigenvalue weighted by molar-refractivity contribution is 6.31. The van der Waals surface area contributed by atoms with Crippen molar-refractivity contribution in [3.63, 3.8) is 0 Å². The second kappa shape index (κ2) is 9.71. The van der Waals surface area contributed by atoms with Gasteiger partial charge in [0.2, 0.25) is 11.8 Å². The van der Waals surface area contributed by atoms with Crippen molar-refractivity contribution in [2.24, 2.45) is 17.3 Å². The molecule has 2 heterocycles. The Morgan fingerprint density at radius 1 is 1.07 bits per heavy atom. The number of rotatable bonds is 4. The van der Waals surface area contributed by atoms with Crippen LogP contribution in [-0.4, -0.2) is 29.4 Å². The summed E-state index contributed by atoms with van der Waals surface area (Å²) >= 11 is 12.7. The smallest absolute Gasteiger partial charge is 0.238 e. The summed E-state index contributed by atoms with van der Waals surface area (Å²) in [6.45, 7) is 8.90. The first kappa shape index (κ1) is 28.0. The molecule has 3 fully saturated rings. The molecule has 2 aliphatic heterocycles. The SMILES string of the molecule is CC(C)C1CC(NC(=O)[C@@H]2NC3(CCC(C)(C)CC3)[C@@]3(C(=O)Nc4cc(Cl)ccc43)[C@H]2c2cccc(Cl)c2F)C1. The highest BCUT2D eigenvalue weighted by Crippen LogP contribution is 2.64. The number of benzene rings is 2. The summed E-state index contributed by atoms with van der Waals surface area (Å²) in [5, 5.41) is 10.6. The molecule has 0 bridgehead atoms. The molecule has 1 saturated heterocycles. The van der Waals surface area contributed by atoms with Crippen LogP contribution in [-0.2, 0) is 15.0 Å². The van der Waals surface area contributed by atoms with E-state index >= 15 is 4.39 Å². The lowest BCUT2D eigenvalue weighted by Crippen LogP contribution is -2.61. The quantitative estimate of drug-likeness (QED) is 0.363. The van der Waals surface area contributed by atoms with Crippen molar-refractivity contribution in [1.82, 2.24) is 10.6 Å². The first-order valence-electron chi connectivity index (χ1n) is 14.5. The van der Waals surface area contributed by atoms with Gasteiger partial charge in [-0.3, -0.25) is 14.9 Å². The number of carbonyl (C=O) groups excluding carboxylic acids is 2. The van der Waals surface area contributed by atoms with E-state index in [0.717, 1.165) is 31.2 Å². The Balaban J connectivity index is 1.52. The van der Waals surface area contributed by atoms with E-state index in [1.54, 1.807) is 24.3 Å². The Hall–Kier alpha value is -2.15. The minimum Gasteiger partial charge on any atom is -0.352 e.